The van der Waals surface area contributed by atoms with E-state index in [1.54, 1.807) is 35.2 Å². The number of carbonyl (C=O) groups is 4. The number of nitrogens with two attached hydrogens (primary N) is 1. The lowest BCUT2D eigenvalue weighted by atomic mass is 9.89. The molecule has 1 unspecified atom stereocenters. The minimum atomic E-state index is -0.730. The Hall–Kier alpha value is -5.33. The van der Waals surface area contributed by atoms with E-state index < -0.39 is 17.9 Å². The van der Waals surface area contributed by atoms with Crippen LogP contribution in [-0.2, 0) is 20.8 Å². The second-order valence-corrected chi connectivity index (χ2v) is 15.5. The van der Waals surface area contributed by atoms with E-state index in [1.165, 1.54) is 0 Å². The van der Waals surface area contributed by atoms with Gasteiger partial charge in [0, 0.05) is 64.3 Å². The van der Waals surface area contributed by atoms with Gasteiger partial charge < -0.3 is 25.2 Å². The second kappa shape index (κ2) is 17.6. The first kappa shape index (κ1) is 38.9. The highest BCUT2D eigenvalue weighted by Crippen LogP contribution is 2.32. The van der Waals surface area contributed by atoms with Crippen molar-refractivity contribution in [2.45, 2.75) is 76.0 Å². The zero-order chi connectivity index (χ0) is 39.2. The number of rotatable bonds is 11. The van der Waals surface area contributed by atoms with Crippen molar-refractivity contribution in [3.8, 4) is 11.8 Å². The third-order valence-electron chi connectivity index (χ3n) is 11.4. The summed E-state index contributed by atoms with van der Waals surface area (Å²) in [6, 6.07) is 15.4. The van der Waals surface area contributed by atoms with Gasteiger partial charge in [0.05, 0.1) is 28.8 Å². The number of hydrogen-bond acceptors (Lipinski definition) is 12. The lowest BCUT2D eigenvalue weighted by molar-refractivity contribution is -0.148. The molecule has 2 aromatic heterocycles. The van der Waals surface area contributed by atoms with Crippen LogP contribution in [-0.4, -0.2) is 113 Å². The smallest absolute Gasteiger partial charge is 0.269 e. The molecule has 3 N–H and O–H groups in total. The van der Waals surface area contributed by atoms with Crippen LogP contribution in [0.15, 0.2) is 48.5 Å². The molecule has 1 aromatic carbocycles. The Bertz CT molecular complexity index is 1950. The van der Waals surface area contributed by atoms with Crippen molar-refractivity contribution in [1.29, 1.82) is 5.26 Å². The number of primary amides is 1. The number of piperazine rings is 1. The van der Waals surface area contributed by atoms with E-state index in [0.717, 1.165) is 70.3 Å². The topological polar surface area (TPSA) is 191 Å². The number of piperidine rings is 2. The van der Waals surface area contributed by atoms with E-state index in [0.29, 0.717) is 53.6 Å². The van der Waals surface area contributed by atoms with Crippen LogP contribution in [0.4, 0.5) is 11.6 Å². The van der Waals surface area contributed by atoms with Gasteiger partial charge in [0.25, 0.3) is 5.91 Å². The Kier molecular flexibility index (Phi) is 12.3. The summed E-state index contributed by atoms with van der Waals surface area (Å²) in [7, 11) is 0. The van der Waals surface area contributed by atoms with E-state index in [-0.39, 0.29) is 48.9 Å². The van der Waals surface area contributed by atoms with Crippen LogP contribution in [0.5, 0.6) is 5.75 Å². The molecule has 3 aliphatic heterocycles. The Morgan fingerprint density at radius 1 is 0.911 bits per heavy atom. The molecule has 4 amide bonds. The number of anilines is 2. The van der Waals surface area contributed by atoms with Gasteiger partial charge in [-0.25, -0.2) is 4.98 Å². The summed E-state index contributed by atoms with van der Waals surface area (Å²) >= 11 is 6.21. The maximum absolute atomic E-state index is 14.2. The summed E-state index contributed by atoms with van der Waals surface area (Å²) < 4.78 is 6.19. The summed E-state index contributed by atoms with van der Waals surface area (Å²) in [5.74, 6) is 1.25. The van der Waals surface area contributed by atoms with Gasteiger partial charge in [-0.3, -0.25) is 29.4 Å². The molecule has 15 nitrogen and oxygen atoms in total. The number of imide groups is 1. The fourth-order valence-corrected chi connectivity index (χ4v) is 8.57. The van der Waals surface area contributed by atoms with Gasteiger partial charge in [-0.05, 0) is 87.3 Å². The minimum Gasteiger partial charge on any atom is -0.490 e. The summed E-state index contributed by atoms with van der Waals surface area (Å²) in [5, 5.41) is 20.1. The zero-order valence-corrected chi connectivity index (χ0v) is 32.1. The Morgan fingerprint density at radius 3 is 2.32 bits per heavy atom. The van der Waals surface area contributed by atoms with Gasteiger partial charge in [-0.2, -0.15) is 5.26 Å². The number of carbonyl (C=O) groups excluding carboxylic acids is 4. The average molecular weight is 783 g/mol. The Morgan fingerprint density at radius 2 is 1.66 bits per heavy atom. The van der Waals surface area contributed by atoms with Crippen molar-refractivity contribution in [3.63, 3.8) is 0 Å². The van der Waals surface area contributed by atoms with Gasteiger partial charge >= 0.3 is 0 Å². The molecule has 1 atom stereocenters. The van der Waals surface area contributed by atoms with Gasteiger partial charge in [0.2, 0.25) is 17.7 Å². The number of aromatic nitrogens is 3. The first-order chi connectivity index (χ1) is 27.1. The quantitative estimate of drug-likeness (QED) is 0.271. The molecule has 0 bridgehead atoms. The molecular weight excluding hydrogens is 736 g/mol. The van der Waals surface area contributed by atoms with Crippen LogP contribution in [0.3, 0.4) is 0 Å². The number of amides is 4. The Balaban J connectivity index is 0.920. The van der Waals surface area contributed by atoms with E-state index in [1.807, 2.05) is 18.2 Å². The second-order valence-electron chi connectivity index (χ2n) is 15.1. The number of nitrogens with zero attached hydrogens (tertiary/aromatic N) is 8. The van der Waals surface area contributed by atoms with Gasteiger partial charge in [0.15, 0.2) is 11.5 Å². The fraction of sp³-hybridized carbons (Fsp3) is 0.500. The highest BCUT2D eigenvalue weighted by atomic mass is 35.5. The summed E-state index contributed by atoms with van der Waals surface area (Å²) in [6.45, 7) is 6.29. The van der Waals surface area contributed by atoms with Crippen LogP contribution < -0.4 is 25.6 Å². The SMILES string of the molecule is N#Cc1ccc(OC2CCC(N(C(=O)Cc3cccc(N4CCN(CC5CCN(c6ccc(C(N)=O)nn6)CC5)CC4)n3)C3CCC(=O)NC3=O)CC2)cc1Cl. The minimum absolute atomic E-state index is 0.0469. The van der Waals surface area contributed by atoms with Gasteiger partial charge in [-0.1, -0.05) is 17.7 Å². The van der Waals surface area contributed by atoms with Crippen LogP contribution in [0.25, 0.3) is 0 Å². The average Bonchev–Trinajstić information content (AvgIpc) is 3.20. The lowest BCUT2D eigenvalue weighted by Crippen LogP contribution is -2.58. The van der Waals surface area contributed by atoms with Crippen molar-refractivity contribution >= 4 is 46.9 Å². The monoisotopic (exact) mass is 782 g/mol. The van der Waals surface area contributed by atoms with Crippen molar-refractivity contribution in [2.75, 3.05) is 55.6 Å². The van der Waals surface area contributed by atoms with Crippen LogP contribution in [0.2, 0.25) is 5.02 Å². The van der Waals surface area contributed by atoms with E-state index in [9.17, 15) is 24.4 Å². The van der Waals surface area contributed by atoms with Crippen molar-refractivity contribution < 1.29 is 23.9 Å². The number of halogens is 1. The van der Waals surface area contributed by atoms with Gasteiger partial charge in [-0.15, -0.1) is 10.2 Å². The standard InChI is InChI=1S/C40H47ClN10O5/c41-32-23-31(7-4-27(32)24-42)56-30-8-5-29(6-9-30)51(34-11-13-37(52)45-40(34)55)38(53)22-28-2-1-3-35(44-28)50-20-18-48(19-21-50)25-26-14-16-49(17-15-26)36-12-10-33(39(43)54)46-47-36/h1-4,7,10,12,23,26,29-30,34H,5-6,8-9,11,13-22,25H2,(H2,43,54)(H,45,52,55). The zero-order valence-electron chi connectivity index (χ0n) is 31.3. The van der Waals surface area contributed by atoms with E-state index in [2.05, 4.69) is 36.3 Å². The first-order valence-corrected chi connectivity index (χ1v) is 19.8. The number of benzene rings is 1. The summed E-state index contributed by atoms with van der Waals surface area (Å²) in [6.07, 6.45) is 5.12. The number of nitriles is 1. The molecule has 1 saturated carbocycles. The molecule has 16 heteroatoms. The van der Waals surface area contributed by atoms with Crippen LogP contribution in [0, 0.1) is 17.2 Å². The molecule has 294 valence electrons. The number of ether oxygens (including phenoxy) is 1. The first-order valence-electron chi connectivity index (χ1n) is 19.5. The highest BCUT2D eigenvalue weighted by molar-refractivity contribution is 6.31. The molecule has 4 aliphatic rings. The maximum atomic E-state index is 14.2. The molecule has 4 fully saturated rings. The third kappa shape index (κ3) is 9.37. The number of pyridine rings is 1. The third-order valence-corrected chi connectivity index (χ3v) is 11.7. The highest BCUT2D eigenvalue weighted by Gasteiger charge is 2.40. The predicted octanol–water partition coefficient (Wildman–Crippen LogP) is 3.10. The number of nitrogens with one attached hydrogen (secondary N) is 1. The molecule has 3 saturated heterocycles. The normalized spacial score (nSPS) is 22.2. The fourth-order valence-electron chi connectivity index (χ4n) is 8.36. The molecule has 3 aromatic rings. The number of hydrogen-bond donors (Lipinski definition) is 2. The molecular formula is C40H47ClN10O5. The summed E-state index contributed by atoms with van der Waals surface area (Å²) in [5.41, 5.74) is 6.49. The van der Waals surface area contributed by atoms with Crippen molar-refractivity contribution in [3.05, 3.63) is 70.5 Å². The maximum Gasteiger partial charge on any atom is 0.269 e. The molecule has 7 rings (SSSR count). The largest absolute Gasteiger partial charge is 0.490 e. The molecule has 0 spiro atoms. The van der Waals surface area contributed by atoms with E-state index >= 15 is 0 Å². The van der Waals surface area contributed by atoms with E-state index in [4.69, 9.17) is 27.1 Å². The van der Waals surface area contributed by atoms with Crippen LogP contribution >= 0.6 is 11.6 Å². The van der Waals surface area contributed by atoms with Crippen molar-refractivity contribution in [2.24, 2.45) is 11.7 Å². The molecule has 5 heterocycles. The predicted molar refractivity (Wildman–Crippen MR) is 208 cm³/mol. The molecule has 56 heavy (non-hydrogen) atoms. The van der Waals surface area contributed by atoms with Crippen molar-refractivity contribution in [1.82, 2.24) is 30.3 Å². The Labute approximate surface area is 331 Å². The van der Waals surface area contributed by atoms with Crippen LogP contribution in [0.1, 0.15) is 73.1 Å². The summed E-state index contributed by atoms with van der Waals surface area (Å²) in [4.78, 5) is 64.3. The van der Waals surface area contributed by atoms with Gasteiger partial charge in [0.1, 0.15) is 23.7 Å². The lowest BCUT2D eigenvalue weighted by Gasteiger charge is -2.42. The molecule has 1 aliphatic carbocycles. The molecule has 0 radical (unpaired) electrons.